The summed E-state index contributed by atoms with van der Waals surface area (Å²) in [6, 6.07) is 11.3. The summed E-state index contributed by atoms with van der Waals surface area (Å²) >= 11 is 12.6. The maximum absolute atomic E-state index is 13.0. The highest BCUT2D eigenvalue weighted by molar-refractivity contribution is 6.33. The molecule has 47 heavy (non-hydrogen) atoms. The molecule has 4 unspecified atom stereocenters. The van der Waals surface area contributed by atoms with Crippen LogP contribution in [0.4, 0.5) is 11.5 Å². The van der Waals surface area contributed by atoms with Crippen molar-refractivity contribution in [3.05, 3.63) is 81.2 Å². The molecule has 1 amide bonds. The number of carbonyl (C=O) groups excluding carboxylic acids is 1. The van der Waals surface area contributed by atoms with Gasteiger partial charge in [-0.15, -0.1) is 0 Å². The smallest absolute Gasteiger partial charge is 0.333 e. The summed E-state index contributed by atoms with van der Waals surface area (Å²) in [7, 11) is 0. The minimum Gasteiger partial charge on any atom is -0.483 e. The van der Waals surface area contributed by atoms with Crippen LogP contribution in [0.1, 0.15) is 11.8 Å². The molecule has 18 heteroatoms. The van der Waals surface area contributed by atoms with Crippen molar-refractivity contribution in [2.24, 2.45) is 5.11 Å². The fourth-order valence-corrected chi connectivity index (χ4v) is 6.04. The number of nitrogens with one attached hydrogen (secondary N) is 1. The number of halogens is 2. The largest absolute Gasteiger partial charge is 0.483 e. The first-order chi connectivity index (χ1) is 22.7. The number of ether oxygens (including phenoxy) is 2. The van der Waals surface area contributed by atoms with E-state index in [9.17, 15) is 19.8 Å². The highest BCUT2D eigenvalue weighted by Gasteiger charge is 2.48. The van der Waals surface area contributed by atoms with Crippen LogP contribution < -0.4 is 15.0 Å². The molecule has 6 rings (SSSR count). The minimum absolute atomic E-state index is 0.148. The van der Waals surface area contributed by atoms with Crippen molar-refractivity contribution in [1.82, 2.24) is 24.4 Å². The van der Waals surface area contributed by atoms with E-state index in [0.717, 1.165) is 5.69 Å². The number of piperazine rings is 1. The van der Waals surface area contributed by atoms with Crippen LogP contribution in [0.5, 0.6) is 5.75 Å². The van der Waals surface area contributed by atoms with Gasteiger partial charge in [0.15, 0.2) is 35.9 Å². The van der Waals surface area contributed by atoms with Crippen LogP contribution >= 0.6 is 23.2 Å². The highest BCUT2D eigenvalue weighted by atomic mass is 35.5. The molecule has 16 nitrogen and oxygen atoms in total. The average molecular weight is 684 g/mol. The molecule has 4 aromatic rings. The predicted molar refractivity (Wildman–Crippen MR) is 170 cm³/mol. The lowest BCUT2D eigenvalue weighted by molar-refractivity contribution is -0.152. The Morgan fingerprint density at radius 3 is 2.66 bits per heavy atom. The molecule has 4 heterocycles. The van der Waals surface area contributed by atoms with Crippen molar-refractivity contribution >= 4 is 57.7 Å². The van der Waals surface area contributed by atoms with Gasteiger partial charge in [0.1, 0.15) is 24.2 Å². The quantitative estimate of drug-likeness (QED) is 0.125. The van der Waals surface area contributed by atoms with Crippen LogP contribution in [-0.4, -0.2) is 97.5 Å². The Hall–Kier alpha value is -4.86. The zero-order valence-electron chi connectivity index (χ0n) is 24.6. The van der Waals surface area contributed by atoms with Crippen LogP contribution in [0, 0.1) is 0 Å². The van der Waals surface area contributed by atoms with E-state index in [0.29, 0.717) is 58.9 Å². The first kappa shape index (κ1) is 32.1. The van der Waals surface area contributed by atoms with Gasteiger partial charge in [-0.25, -0.2) is 19.7 Å². The Morgan fingerprint density at radius 1 is 1.13 bits per heavy atom. The fourth-order valence-electron chi connectivity index (χ4n) is 5.59. The summed E-state index contributed by atoms with van der Waals surface area (Å²) in [5.41, 5.74) is 11.0. The van der Waals surface area contributed by atoms with Gasteiger partial charge < -0.3 is 34.8 Å². The van der Waals surface area contributed by atoms with Crippen molar-refractivity contribution in [3.63, 3.8) is 0 Å². The Labute approximate surface area is 277 Å². The summed E-state index contributed by atoms with van der Waals surface area (Å²) in [5.74, 6) is -0.763. The molecule has 0 bridgehead atoms. The third-order valence-electron chi connectivity index (χ3n) is 7.95. The van der Waals surface area contributed by atoms with E-state index in [2.05, 4.69) is 35.2 Å². The lowest BCUT2D eigenvalue weighted by Crippen LogP contribution is -2.50. The first-order valence-electron chi connectivity index (χ1n) is 14.5. The third-order valence-corrected chi connectivity index (χ3v) is 8.50. The number of para-hydroxylation sites is 1. The zero-order chi connectivity index (χ0) is 33.1. The molecule has 2 saturated heterocycles. The number of hydrogen-bond donors (Lipinski definition) is 3. The summed E-state index contributed by atoms with van der Waals surface area (Å²) in [4.78, 5) is 44.1. The van der Waals surface area contributed by atoms with Crippen LogP contribution in [0.2, 0.25) is 10.0 Å². The predicted octanol–water partition coefficient (Wildman–Crippen LogP) is 3.49. The van der Waals surface area contributed by atoms with Gasteiger partial charge in [0.05, 0.1) is 17.0 Å². The van der Waals surface area contributed by atoms with Crippen LogP contribution in [0.15, 0.2) is 60.2 Å². The summed E-state index contributed by atoms with van der Waals surface area (Å²) < 4.78 is 12.8. The number of anilines is 2. The number of azide groups is 1. The van der Waals surface area contributed by atoms with E-state index in [4.69, 9.17) is 38.2 Å². The Bertz CT molecular complexity index is 1850. The maximum atomic E-state index is 13.0. The fraction of sp³-hybridized carbons (Fsp3) is 0.345. The number of aliphatic hydroxyl groups is 1. The van der Waals surface area contributed by atoms with Crippen LogP contribution in [0.3, 0.4) is 0 Å². The molecule has 244 valence electrons. The van der Waals surface area contributed by atoms with E-state index >= 15 is 0 Å². The molecular weight excluding hydrogens is 655 g/mol. The zero-order valence-corrected chi connectivity index (χ0v) is 26.1. The Morgan fingerprint density at radius 2 is 1.91 bits per heavy atom. The number of aliphatic hydroxyl groups excluding tert-OH is 1. The van der Waals surface area contributed by atoms with Crippen molar-refractivity contribution in [2.45, 2.75) is 31.0 Å². The van der Waals surface area contributed by atoms with E-state index < -0.39 is 30.4 Å². The van der Waals surface area contributed by atoms with Crippen molar-refractivity contribution in [2.75, 3.05) is 43.0 Å². The van der Waals surface area contributed by atoms with Crippen LogP contribution in [-0.2, 0) is 20.9 Å². The Kier molecular flexibility index (Phi) is 9.47. The molecule has 2 aromatic carbocycles. The third kappa shape index (κ3) is 6.68. The molecular formula is C29H28Cl2N10O6. The van der Waals surface area contributed by atoms with E-state index in [1.54, 1.807) is 23.1 Å². The molecule has 3 N–H and O–H groups in total. The number of aromatic nitrogens is 4. The second-order valence-electron chi connectivity index (χ2n) is 10.7. The number of nitrogens with zero attached hydrogens (tertiary/aromatic N) is 9. The number of carboxylic acids is 1. The lowest BCUT2D eigenvalue weighted by Gasteiger charge is -2.36. The first-order valence-corrected chi connectivity index (χ1v) is 15.2. The van der Waals surface area contributed by atoms with E-state index in [1.165, 1.54) is 17.2 Å². The number of carboxylic acid groups (broad SMARTS) is 1. The highest BCUT2D eigenvalue weighted by Crippen LogP contribution is 2.34. The molecule has 2 aliphatic rings. The molecule has 0 radical (unpaired) electrons. The molecule has 2 aliphatic heterocycles. The number of amides is 1. The Balaban J connectivity index is 1.11. The van der Waals surface area contributed by atoms with Gasteiger partial charge in [-0.3, -0.25) is 9.36 Å². The van der Waals surface area contributed by atoms with Crippen molar-refractivity contribution < 1.29 is 29.3 Å². The second-order valence-corrected chi connectivity index (χ2v) is 11.6. The second kappa shape index (κ2) is 13.9. The van der Waals surface area contributed by atoms with Crippen molar-refractivity contribution in [3.8, 4) is 5.75 Å². The minimum atomic E-state index is -1.56. The number of benzene rings is 2. The normalized spacial score (nSPS) is 21.0. The standard InChI is InChI=1S/C29H28Cl2N10O6/c30-17-5-6-20(46-13-21(42)40-9-7-39(8-10-40)19-4-2-1-3-18(19)31)16(11-17)12-33-26-23-27(35-14-34-26)41(15-36-23)28-24(43)22(37-38-32)25(47-28)29(44)45/h1-6,11,14-15,22,24-25,28,43H,7-10,12-13H2,(H,44,45)(H,33,34,35). The van der Waals surface area contributed by atoms with Gasteiger partial charge in [-0.1, -0.05) is 40.4 Å². The number of fused-ring (bicyclic) bond motifs is 1. The number of hydrogen-bond acceptors (Lipinski definition) is 11. The maximum Gasteiger partial charge on any atom is 0.333 e. The topological polar surface area (TPSA) is 204 Å². The molecule has 0 saturated carbocycles. The molecule has 4 atom stereocenters. The number of imidazole rings is 1. The molecule has 0 aliphatic carbocycles. The summed E-state index contributed by atoms with van der Waals surface area (Å²) in [5, 5.41) is 27.9. The SMILES string of the molecule is [N-]=[N+]=NC1C(C(=O)O)OC(n2cnc3c(NCc4cc(Cl)ccc4OCC(=O)N4CCN(c5ccccc5Cl)CC4)ncnc32)C1O. The van der Waals surface area contributed by atoms with Gasteiger partial charge in [0.25, 0.3) is 5.91 Å². The van der Waals surface area contributed by atoms with Gasteiger partial charge in [-0.05, 0) is 35.9 Å². The molecule has 2 fully saturated rings. The number of carbonyl (C=O) groups is 2. The number of aliphatic carboxylic acids is 1. The summed E-state index contributed by atoms with van der Waals surface area (Å²) in [6.45, 7) is 2.38. The monoisotopic (exact) mass is 682 g/mol. The average Bonchev–Trinajstić information content (AvgIpc) is 3.65. The van der Waals surface area contributed by atoms with Gasteiger partial charge in [-0.2, -0.15) is 0 Å². The van der Waals surface area contributed by atoms with E-state index in [-0.39, 0.29) is 24.7 Å². The van der Waals surface area contributed by atoms with Gasteiger partial charge >= 0.3 is 5.97 Å². The number of rotatable bonds is 10. The lowest BCUT2D eigenvalue weighted by atomic mass is 10.1. The van der Waals surface area contributed by atoms with Gasteiger partial charge in [0.2, 0.25) is 0 Å². The van der Waals surface area contributed by atoms with Crippen molar-refractivity contribution in [1.29, 1.82) is 0 Å². The van der Waals surface area contributed by atoms with Crippen LogP contribution in [0.25, 0.3) is 21.6 Å². The molecule has 2 aromatic heterocycles. The van der Waals surface area contributed by atoms with E-state index in [1.807, 2.05) is 24.3 Å². The summed E-state index contributed by atoms with van der Waals surface area (Å²) in [6.07, 6.45) is -1.68. The van der Waals surface area contributed by atoms with Gasteiger partial charge in [0, 0.05) is 48.2 Å². The molecule has 0 spiro atoms.